The highest BCUT2D eigenvalue weighted by atomic mass is 127. The van der Waals surface area contributed by atoms with Crippen LogP contribution in [0.4, 0.5) is 0 Å². The Morgan fingerprint density at radius 2 is 1.70 bits per heavy atom. The van der Waals surface area contributed by atoms with Crippen molar-refractivity contribution in [3.8, 4) is 17.2 Å². The fraction of sp³-hybridized carbons (Fsp3) is 0.133. The molecule has 2 rings (SSSR count). The number of halogens is 3. The summed E-state index contributed by atoms with van der Waals surface area (Å²) in [5.41, 5.74) is 6.31. The molecule has 146 valence electrons. The minimum Gasteiger partial charge on any atom is -0.480 e. The molecule has 0 aliphatic carbocycles. The topological polar surface area (TPSA) is 136 Å². The Hall–Kier alpha value is -0.430. The van der Waals surface area contributed by atoms with Crippen LogP contribution >= 0.6 is 67.8 Å². The van der Waals surface area contributed by atoms with E-state index in [4.69, 9.17) is 20.1 Å². The molecule has 0 aliphatic rings. The first-order valence-electron chi connectivity index (χ1n) is 7.07. The van der Waals surface area contributed by atoms with Crippen molar-refractivity contribution in [3.05, 3.63) is 46.6 Å². The van der Waals surface area contributed by atoms with Crippen molar-refractivity contribution in [2.45, 2.75) is 12.5 Å². The zero-order chi connectivity index (χ0) is 20.4. The fourth-order valence-corrected chi connectivity index (χ4v) is 5.31. The minimum absolute atomic E-state index is 0.0127. The molecule has 0 radical (unpaired) electrons. The van der Waals surface area contributed by atoms with Gasteiger partial charge in [0.05, 0.1) is 10.7 Å². The van der Waals surface area contributed by atoms with Crippen molar-refractivity contribution in [2.75, 3.05) is 0 Å². The second kappa shape index (κ2) is 9.38. The molecule has 0 spiro atoms. The van der Waals surface area contributed by atoms with Crippen LogP contribution in [0.1, 0.15) is 5.56 Å². The average Bonchev–Trinajstić information content (AvgIpc) is 2.52. The lowest BCUT2D eigenvalue weighted by molar-refractivity contribution is -0.138. The average molecular weight is 731 g/mol. The maximum absolute atomic E-state index is 10.9. The molecule has 1 atom stereocenters. The van der Waals surface area contributed by atoms with Crippen LogP contribution in [0.25, 0.3) is 0 Å². The van der Waals surface area contributed by atoms with Gasteiger partial charge in [-0.25, -0.2) is 0 Å². The van der Waals surface area contributed by atoms with E-state index in [-0.39, 0.29) is 12.2 Å². The van der Waals surface area contributed by atoms with E-state index in [1.165, 1.54) is 0 Å². The van der Waals surface area contributed by atoms with Crippen molar-refractivity contribution in [2.24, 2.45) is 5.73 Å². The van der Waals surface area contributed by atoms with Crippen LogP contribution in [-0.4, -0.2) is 30.1 Å². The zero-order valence-corrected chi connectivity index (χ0v) is 20.5. The lowest BCUT2D eigenvalue weighted by Gasteiger charge is -2.13. The van der Waals surface area contributed by atoms with Crippen LogP contribution in [0.2, 0.25) is 0 Å². The molecule has 0 bridgehead atoms. The molecule has 8 nitrogen and oxygen atoms in total. The van der Waals surface area contributed by atoms with E-state index in [0.717, 1.165) is 9.13 Å². The highest BCUT2D eigenvalue weighted by molar-refractivity contribution is 14.1. The van der Waals surface area contributed by atoms with Gasteiger partial charge in [0.1, 0.15) is 17.5 Å². The van der Waals surface area contributed by atoms with Crippen LogP contribution in [-0.2, 0) is 21.6 Å². The molecule has 4 N–H and O–H groups in total. The van der Waals surface area contributed by atoms with Gasteiger partial charge in [0, 0.05) is 0 Å². The number of benzene rings is 2. The molecule has 0 amide bonds. The van der Waals surface area contributed by atoms with Crippen molar-refractivity contribution < 1.29 is 31.8 Å². The molecule has 1 unspecified atom stereocenters. The van der Waals surface area contributed by atoms with E-state index in [1.54, 1.807) is 30.3 Å². The van der Waals surface area contributed by atoms with E-state index >= 15 is 0 Å². The van der Waals surface area contributed by atoms with Gasteiger partial charge in [0.15, 0.2) is 5.75 Å². The van der Waals surface area contributed by atoms with E-state index in [0.29, 0.717) is 18.6 Å². The SMILES string of the molecule is NC(Cc1ccc(Oc2cc(I)c(OS(=O)(=O)O)c(I)c2)c(I)c1)C(=O)O. The summed E-state index contributed by atoms with van der Waals surface area (Å²) in [5, 5.41) is 8.89. The van der Waals surface area contributed by atoms with E-state index in [1.807, 2.05) is 45.2 Å². The summed E-state index contributed by atoms with van der Waals surface area (Å²) in [6, 6.07) is 7.36. The Balaban J connectivity index is 2.23. The molecule has 0 saturated heterocycles. The third-order valence-electron chi connectivity index (χ3n) is 3.16. The first kappa shape index (κ1) is 22.9. The summed E-state index contributed by atoms with van der Waals surface area (Å²) < 4.78 is 42.7. The molecule has 2 aromatic rings. The van der Waals surface area contributed by atoms with Gasteiger partial charge >= 0.3 is 16.4 Å². The Morgan fingerprint density at radius 1 is 1.11 bits per heavy atom. The number of hydrogen-bond donors (Lipinski definition) is 3. The van der Waals surface area contributed by atoms with Gasteiger partial charge < -0.3 is 19.8 Å². The van der Waals surface area contributed by atoms with Gasteiger partial charge in [-0.1, -0.05) is 6.07 Å². The summed E-state index contributed by atoms with van der Waals surface area (Å²) in [5.74, 6) is -0.0712. The fourth-order valence-electron chi connectivity index (χ4n) is 2.00. The van der Waals surface area contributed by atoms with E-state index in [9.17, 15) is 13.2 Å². The molecule has 2 aromatic carbocycles. The zero-order valence-electron chi connectivity index (χ0n) is 13.2. The first-order chi connectivity index (χ1) is 12.5. The number of ether oxygens (including phenoxy) is 1. The number of rotatable bonds is 7. The summed E-state index contributed by atoms with van der Waals surface area (Å²) in [7, 11) is -4.63. The van der Waals surface area contributed by atoms with Crippen LogP contribution in [0, 0.1) is 10.7 Å². The number of carboxylic acids is 1. The van der Waals surface area contributed by atoms with Gasteiger partial charge in [0.2, 0.25) is 0 Å². The summed E-state index contributed by atoms with van der Waals surface area (Å²) in [6.45, 7) is 0. The van der Waals surface area contributed by atoms with Gasteiger partial charge in [-0.05, 0) is 104 Å². The third kappa shape index (κ3) is 6.84. The van der Waals surface area contributed by atoms with Gasteiger partial charge in [-0.2, -0.15) is 8.42 Å². The maximum atomic E-state index is 10.9. The summed E-state index contributed by atoms with van der Waals surface area (Å²) >= 11 is 5.81. The molecule has 27 heavy (non-hydrogen) atoms. The number of hydrogen-bond acceptors (Lipinski definition) is 6. The number of carboxylic acid groups (broad SMARTS) is 1. The normalized spacial score (nSPS) is 12.5. The van der Waals surface area contributed by atoms with Crippen molar-refractivity contribution in [1.82, 2.24) is 0 Å². The molecule has 0 saturated carbocycles. The first-order valence-corrected chi connectivity index (χ1v) is 11.7. The van der Waals surface area contributed by atoms with Gasteiger partial charge in [-0.3, -0.25) is 9.35 Å². The second-order valence-electron chi connectivity index (χ2n) is 5.24. The van der Waals surface area contributed by atoms with Gasteiger partial charge in [-0.15, -0.1) is 0 Å². The molecular formula is C15H12I3NO7S. The smallest absolute Gasteiger partial charge is 0.446 e. The Morgan fingerprint density at radius 3 is 2.19 bits per heavy atom. The van der Waals surface area contributed by atoms with Crippen LogP contribution in [0.3, 0.4) is 0 Å². The highest BCUT2D eigenvalue weighted by Gasteiger charge is 2.17. The Bertz CT molecular complexity index is 958. The lowest BCUT2D eigenvalue weighted by atomic mass is 10.1. The van der Waals surface area contributed by atoms with Crippen LogP contribution in [0.5, 0.6) is 17.2 Å². The number of aliphatic carboxylic acids is 1. The predicted octanol–water partition coefficient (Wildman–Crippen LogP) is 3.43. The third-order valence-corrected chi connectivity index (χ3v) is 5.98. The molecule has 0 aliphatic heterocycles. The Kier molecular flexibility index (Phi) is 7.94. The van der Waals surface area contributed by atoms with Crippen molar-refractivity contribution in [1.29, 1.82) is 0 Å². The van der Waals surface area contributed by atoms with E-state index in [2.05, 4.69) is 26.8 Å². The summed E-state index contributed by atoms with van der Waals surface area (Å²) in [4.78, 5) is 10.9. The molecular weight excluding hydrogens is 719 g/mol. The molecule has 12 heteroatoms. The van der Waals surface area contributed by atoms with E-state index < -0.39 is 22.4 Å². The van der Waals surface area contributed by atoms with Gasteiger partial charge in [0.25, 0.3) is 0 Å². The highest BCUT2D eigenvalue weighted by Crippen LogP contribution is 2.35. The molecule has 0 heterocycles. The maximum Gasteiger partial charge on any atom is 0.446 e. The largest absolute Gasteiger partial charge is 0.480 e. The number of nitrogens with two attached hydrogens (primary N) is 1. The van der Waals surface area contributed by atoms with Crippen LogP contribution in [0.15, 0.2) is 30.3 Å². The standard InChI is InChI=1S/C15H12I3NO7S/c16-9-3-7(4-12(19)15(20)21)1-2-13(9)25-8-5-10(17)14(11(18)6-8)26-27(22,23)24/h1-3,5-6,12H,4,19H2,(H,20,21)(H,22,23,24). The van der Waals surface area contributed by atoms with Crippen molar-refractivity contribution in [3.63, 3.8) is 0 Å². The predicted molar refractivity (Wildman–Crippen MR) is 123 cm³/mol. The monoisotopic (exact) mass is 731 g/mol. The van der Waals surface area contributed by atoms with Crippen LogP contribution < -0.4 is 14.7 Å². The summed E-state index contributed by atoms with van der Waals surface area (Å²) in [6.07, 6.45) is 0.198. The molecule has 0 fully saturated rings. The number of carbonyl (C=O) groups is 1. The Labute approximate surface area is 196 Å². The quantitative estimate of drug-likeness (QED) is 0.292. The molecule has 0 aromatic heterocycles. The lowest BCUT2D eigenvalue weighted by Crippen LogP contribution is -2.32. The second-order valence-corrected chi connectivity index (χ2v) is 9.75. The van der Waals surface area contributed by atoms with Crippen molar-refractivity contribution >= 4 is 84.1 Å². The minimum atomic E-state index is -4.63.